The molecule has 2 N–H and O–H groups in total. The summed E-state index contributed by atoms with van der Waals surface area (Å²) in [6.45, 7) is 1.89. The topological polar surface area (TPSA) is 62.0 Å². The SMILES string of the molecule is CC(Cc1c[nH]c2ccccc12)NS(=O)(=O)c1cccc2ccccc12. The number of nitrogens with one attached hydrogen (secondary N) is 2. The van der Waals surface area contributed by atoms with Gasteiger partial charge in [-0.05, 0) is 36.4 Å². The summed E-state index contributed by atoms with van der Waals surface area (Å²) in [6.07, 6.45) is 2.57. The molecule has 0 saturated carbocycles. The number of hydrogen-bond donors (Lipinski definition) is 2. The van der Waals surface area contributed by atoms with E-state index in [0.29, 0.717) is 11.3 Å². The molecule has 4 rings (SSSR count). The number of sulfonamides is 1. The molecule has 0 spiro atoms. The van der Waals surface area contributed by atoms with Crippen LogP contribution in [-0.4, -0.2) is 19.4 Å². The highest BCUT2D eigenvalue weighted by molar-refractivity contribution is 7.89. The molecule has 3 aromatic carbocycles. The van der Waals surface area contributed by atoms with Gasteiger partial charge in [-0.3, -0.25) is 0 Å². The van der Waals surface area contributed by atoms with Crippen molar-refractivity contribution in [2.75, 3.05) is 0 Å². The molecule has 1 unspecified atom stereocenters. The number of para-hydroxylation sites is 1. The third-order valence-electron chi connectivity index (χ3n) is 4.60. The lowest BCUT2D eigenvalue weighted by Gasteiger charge is -2.15. The molecule has 132 valence electrons. The van der Waals surface area contributed by atoms with Crippen LogP contribution in [-0.2, 0) is 16.4 Å². The molecule has 5 heteroatoms. The largest absolute Gasteiger partial charge is 0.361 e. The predicted molar refractivity (Wildman–Crippen MR) is 106 cm³/mol. The zero-order valence-electron chi connectivity index (χ0n) is 14.4. The highest BCUT2D eigenvalue weighted by atomic mass is 32.2. The number of fused-ring (bicyclic) bond motifs is 2. The van der Waals surface area contributed by atoms with Crippen LogP contribution in [0.2, 0.25) is 0 Å². The van der Waals surface area contributed by atoms with Crippen LogP contribution < -0.4 is 4.72 Å². The summed E-state index contributed by atoms with van der Waals surface area (Å²) in [7, 11) is -3.60. The Labute approximate surface area is 152 Å². The van der Waals surface area contributed by atoms with Gasteiger partial charge < -0.3 is 4.98 Å². The smallest absolute Gasteiger partial charge is 0.241 e. The first kappa shape index (κ1) is 16.8. The highest BCUT2D eigenvalue weighted by Gasteiger charge is 2.20. The van der Waals surface area contributed by atoms with Crippen molar-refractivity contribution in [1.29, 1.82) is 0 Å². The Morgan fingerprint density at radius 1 is 0.923 bits per heavy atom. The monoisotopic (exact) mass is 364 g/mol. The van der Waals surface area contributed by atoms with Crippen molar-refractivity contribution in [1.82, 2.24) is 9.71 Å². The van der Waals surface area contributed by atoms with Gasteiger partial charge in [0.15, 0.2) is 0 Å². The van der Waals surface area contributed by atoms with Crippen LogP contribution in [0, 0.1) is 0 Å². The third kappa shape index (κ3) is 3.11. The molecule has 4 nitrogen and oxygen atoms in total. The summed E-state index contributed by atoms with van der Waals surface area (Å²) in [5, 5.41) is 2.78. The summed E-state index contributed by atoms with van der Waals surface area (Å²) >= 11 is 0. The van der Waals surface area contributed by atoms with Gasteiger partial charge in [0.1, 0.15) is 0 Å². The molecule has 1 atom stereocenters. The fourth-order valence-electron chi connectivity index (χ4n) is 3.43. The number of aromatic amines is 1. The maximum atomic E-state index is 12.9. The van der Waals surface area contributed by atoms with Crippen LogP contribution in [0.3, 0.4) is 0 Å². The number of rotatable bonds is 5. The summed E-state index contributed by atoms with van der Waals surface area (Å²) in [4.78, 5) is 3.56. The Morgan fingerprint density at radius 2 is 1.62 bits per heavy atom. The van der Waals surface area contributed by atoms with Gasteiger partial charge in [-0.2, -0.15) is 0 Å². The fourth-order valence-corrected chi connectivity index (χ4v) is 4.90. The molecular weight excluding hydrogens is 344 g/mol. The third-order valence-corrected chi connectivity index (χ3v) is 6.24. The molecule has 0 aliphatic heterocycles. The quantitative estimate of drug-likeness (QED) is 0.557. The molecule has 0 bridgehead atoms. The van der Waals surface area contributed by atoms with Crippen molar-refractivity contribution < 1.29 is 8.42 Å². The lowest BCUT2D eigenvalue weighted by Crippen LogP contribution is -2.34. The molecule has 0 aliphatic rings. The Kier molecular flexibility index (Phi) is 4.26. The van der Waals surface area contributed by atoms with Crippen molar-refractivity contribution in [3.63, 3.8) is 0 Å². The van der Waals surface area contributed by atoms with E-state index in [1.807, 2.05) is 67.7 Å². The second kappa shape index (κ2) is 6.59. The molecule has 0 radical (unpaired) electrons. The number of aromatic nitrogens is 1. The van der Waals surface area contributed by atoms with Crippen molar-refractivity contribution >= 4 is 31.7 Å². The molecule has 0 fully saturated rings. The van der Waals surface area contributed by atoms with Crippen molar-refractivity contribution in [2.45, 2.75) is 24.3 Å². The summed E-state index contributed by atoms with van der Waals surface area (Å²) < 4.78 is 28.7. The molecule has 26 heavy (non-hydrogen) atoms. The van der Waals surface area contributed by atoms with E-state index in [1.165, 1.54) is 0 Å². The van der Waals surface area contributed by atoms with E-state index in [9.17, 15) is 8.42 Å². The molecule has 0 aliphatic carbocycles. The molecule has 0 saturated heterocycles. The molecule has 1 heterocycles. The predicted octanol–water partition coefficient (Wildman–Crippen LogP) is 4.23. The van der Waals surface area contributed by atoms with Crippen LogP contribution in [0.1, 0.15) is 12.5 Å². The van der Waals surface area contributed by atoms with E-state index in [-0.39, 0.29) is 6.04 Å². The first-order valence-electron chi connectivity index (χ1n) is 8.60. The number of hydrogen-bond acceptors (Lipinski definition) is 2. The second-order valence-corrected chi connectivity index (χ2v) is 8.25. The van der Waals surface area contributed by atoms with Crippen molar-refractivity contribution in [3.05, 3.63) is 78.5 Å². The van der Waals surface area contributed by atoms with Crippen LogP contribution in [0.5, 0.6) is 0 Å². The summed E-state index contributed by atoms with van der Waals surface area (Å²) in [5.74, 6) is 0. The molecule has 4 aromatic rings. The van der Waals surface area contributed by atoms with Crippen molar-refractivity contribution in [2.24, 2.45) is 0 Å². The first-order chi connectivity index (χ1) is 12.5. The lowest BCUT2D eigenvalue weighted by atomic mass is 10.1. The lowest BCUT2D eigenvalue weighted by molar-refractivity contribution is 0.561. The second-order valence-electron chi connectivity index (χ2n) is 6.56. The highest BCUT2D eigenvalue weighted by Crippen LogP contribution is 2.24. The number of H-pyrrole nitrogens is 1. The van der Waals surface area contributed by atoms with Gasteiger partial charge in [-0.15, -0.1) is 0 Å². The normalized spacial score (nSPS) is 13.3. The minimum absolute atomic E-state index is 0.224. The van der Waals surface area contributed by atoms with Crippen LogP contribution in [0.25, 0.3) is 21.7 Å². The Morgan fingerprint density at radius 3 is 2.46 bits per heavy atom. The average molecular weight is 364 g/mol. The van der Waals surface area contributed by atoms with Crippen molar-refractivity contribution in [3.8, 4) is 0 Å². The minimum atomic E-state index is -3.60. The molecular formula is C21H20N2O2S. The number of benzene rings is 3. The van der Waals surface area contributed by atoms with Gasteiger partial charge in [-0.1, -0.05) is 54.6 Å². The van der Waals surface area contributed by atoms with Crippen LogP contribution in [0.15, 0.2) is 77.8 Å². The van der Waals surface area contributed by atoms with Gasteiger partial charge in [0, 0.05) is 28.5 Å². The van der Waals surface area contributed by atoms with Crippen LogP contribution >= 0.6 is 0 Å². The van der Waals surface area contributed by atoms with Gasteiger partial charge in [-0.25, -0.2) is 13.1 Å². The first-order valence-corrected chi connectivity index (χ1v) is 10.1. The van der Waals surface area contributed by atoms with E-state index < -0.39 is 10.0 Å². The van der Waals surface area contributed by atoms with Gasteiger partial charge >= 0.3 is 0 Å². The van der Waals surface area contributed by atoms with Gasteiger partial charge in [0.25, 0.3) is 0 Å². The Bertz CT molecular complexity index is 1170. The zero-order chi connectivity index (χ0) is 18.1. The Hall–Kier alpha value is -2.63. The summed E-state index contributed by atoms with van der Waals surface area (Å²) in [5.41, 5.74) is 2.17. The zero-order valence-corrected chi connectivity index (χ0v) is 15.3. The van der Waals surface area contributed by atoms with Crippen LogP contribution in [0.4, 0.5) is 0 Å². The Balaban J connectivity index is 1.61. The summed E-state index contributed by atoms with van der Waals surface area (Å²) in [6, 6.07) is 20.7. The standard InChI is InChI=1S/C21H20N2O2S/c1-15(13-17-14-22-20-11-5-4-9-18(17)20)23-26(24,25)21-12-6-8-16-7-2-3-10-19(16)21/h2-12,14-15,22-23H,13H2,1H3. The minimum Gasteiger partial charge on any atom is -0.361 e. The van der Waals surface area contributed by atoms with E-state index in [4.69, 9.17) is 0 Å². The maximum absolute atomic E-state index is 12.9. The van der Waals surface area contributed by atoms with E-state index in [0.717, 1.165) is 27.2 Å². The molecule has 0 amide bonds. The fraction of sp³-hybridized carbons (Fsp3) is 0.143. The van der Waals surface area contributed by atoms with E-state index >= 15 is 0 Å². The average Bonchev–Trinajstić information content (AvgIpc) is 3.03. The van der Waals surface area contributed by atoms with Gasteiger partial charge in [0.05, 0.1) is 4.90 Å². The van der Waals surface area contributed by atoms with E-state index in [1.54, 1.807) is 12.1 Å². The van der Waals surface area contributed by atoms with Gasteiger partial charge in [0.2, 0.25) is 10.0 Å². The maximum Gasteiger partial charge on any atom is 0.241 e. The molecule has 1 aromatic heterocycles. The van der Waals surface area contributed by atoms with E-state index in [2.05, 4.69) is 9.71 Å².